The molecule has 0 amide bonds. The summed E-state index contributed by atoms with van der Waals surface area (Å²) in [5.74, 6) is 0.701. The zero-order chi connectivity index (χ0) is 11.1. The topological polar surface area (TPSA) is 15.8 Å². The van der Waals surface area contributed by atoms with E-state index in [1.54, 1.807) is 0 Å². The number of halogens is 1. The zero-order valence-corrected chi connectivity index (χ0v) is 10.3. The van der Waals surface area contributed by atoms with Crippen molar-refractivity contribution in [2.45, 2.75) is 38.5 Å². The molecule has 16 heavy (non-hydrogen) atoms. The molecule has 1 heterocycles. The van der Waals surface area contributed by atoms with Crippen molar-refractivity contribution in [3.63, 3.8) is 0 Å². The SMILES string of the molecule is CCC1CCCc2c1[nH]c1c(Cl)cccc21. The predicted octanol–water partition coefficient (Wildman–Crippen LogP) is 4.65. The van der Waals surface area contributed by atoms with E-state index in [9.17, 15) is 0 Å². The van der Waals surface area contributed by atoms with E-state index in [2.05, 4.69) is 18.0 Å². The molecule has 1 N–H and O–H groups in total. The molecular formula is C14H16ClN. The van der Waals surface area contributed by atoms with Crippen molar-refractivity contribution in [3.05, 3.63) is 34.5 Å². The number of hydrogen-bond acceptors (Lipinski definition) is 0. The van der Waals surface area contributed by atoms with Crippen LogP contribution in [0.2, 0.25) is 5.02 Å². The molecule has 0 spiro atoms. The zero-order valence-electron chi connectivity index (χ0n) is 9.52. The summed E-state index contributed by atoms with van der Waals surface area (Å²) in [6.07, 6.45) is 5.04. The van der Waals surface area contributed by atoms with Gasteiger partial charge in [0.15, 0.2) is 0 Å². The monoisotopic (exact) mass is 233 g/mol. The molecule has 1 nitrogen and oxygen atoms in total. The molecule has 0 saturated heterocycles. The number of hydrogen-bond donors (Lipinski definition) is 1. The van der Waals surface area contributed by atoms with Crippen molar-refractivity contribution in [3.8, 4) is 0 Å². The van der Waals surface area contributed by atoms with Crippen LogP contribution in [0.1, 0.15) is 43.4 Å². The molecule has 2 heteroatoms. The van der Waals surface area contributed by atoms with Crippen molar-refractivity contribution in [2.75, 3.05) is 0 Å². The Labute approximate surface area is 101 Å². The number of rotatable bonds is 1. The average Bonchev–Trinajstić information content (AvgIpc) is 2.69. The second-order valence-corrected chi connectivity index (χ2v) is 5.08. The molecule has 0 radical (unpaired) electrons. The molecule has 0 aliphatic heterocycles. The van der Waals surface area contributed by atoms with Crippen LogP contribution in [-0.2, 0) is 6.42 Å². The fourth-order valence-electron chi connectivity index (χ4n) is 2.95. The van der Waals surface area contributed by atoms with Crippen LogP contribution in [0.3, 0.4) is 0 Å². The van der Waals surface area contributed by atoms with Crippen molar-refractivity contribution >= 4 is 22.5 Å². The summed E-state index contributed by atoms with van der Waals surface area (Å²) in [5, 5.41) is 2.18. The van der Waals surface area contributed by atoms with Crippen molar-refractivity contribution in [1.29, 1.82) is 0 Å². The van der Waals surface area contributed by atoms with Gasteiger partial charge >= 0.3 is 0 Å². The summed E-state index contributed by atoms with van der Waals surface area (Å²) in [6.45, 7) is 2.27. The third-order valence-corrected chi connectivity index (χ3v) is 4.12. The third kappa shape index (κ3) is 1.38. The molecule has 1 aromatic heterocycles. The standard InChI is InChI=1S/C14H16ClN/c1-2-9-5-3-6-10-11-7-4-8-12(15)14(11)16-13(9)10/h4,7-9,16H,2-3,5-6H2,1H3. The first kappa shape index (κ1) is 10.2. The van der Waals surface area contributed by atoms with E-state index in [0.717, 1.165) is 10.5 Å². The maximum Gasteiger partial charge on any atom is 0.0648 e. The van der Waals surface area contributed by atoms with Gasteiger partial charge in [-0.3, -0.25) is 0 Å². The largest absolute Gasteiger partial charge is 0.357 e. The van der Waals surface area contributed by atoms with Gasteiger partial charge in [0, 0.05) is 11.1 Å². The van der Waals surface area contributed by atoms with Crippen LogP contribution in [0.25, 0.3) is 10.9 Å². The Bertz CT molecular complexity index is 527. The van der Waals surface area contributed by atoms with Crippen molar-refractivity contribution < 1.29 is 0 Å². The van der Waals surface area contributed by atoms with E-state index >= 15 is 0 Å². The number of H-pyrrole nitrogens is 1. The van der Waals surface area contributed by atoms with Crippen LogP contribution < -0.4 is 0 Å². The highest BCUT2D eigenvalue weighted by molar-refractivity contribution is 6.35. The Morgan fingerprint density at radius 2 is 2.31 bits per heavy atom. The first-order chi connectivity index (χ1) is 7.81. The number of benzene rings is 1. The average molecular weight is 234 g/mol. The van der Waals surface area contributed by atoms with E-state index in [1.165, 1.54) is 42.3 Å². The molecule has 84 valence electrons. The molecule has 2 aromatic rings. The molecule has 1 unspecified atom stereocenters. The lowest BCUT2D eigenvalue weighted by atomic mass is 9.85. The van der Waals surface area contributed by atoms with Gasteiger partial charge in [-0.15, -0.1) is 0 Å². The Morgan fingerprint density at radius 3 is 3.12 bits per heavy atom. The minimum atomic E-state index is 0.701. The molecule has 1 aliphatic carbocycles. The summed E-state index contributed by atoms with van der Waals surface area (Å²) in [4.78, 5) is 3.55. The Kier molecular flexibility index (Phi) is 2.44. The van der Waals surface area contributed by atoms with Gasteiger partial charge in [-0.25, -0.2) is 0 Å². The van der Waals surface area contributed by atoms with Gasteiger partial charge in [-0.1, -0.05) is 30.7 Å². The maximum absolute atomic E-state index is 6.24. The second-order valence-electron chi connectivity index (χ2n) is 4.68. The van der Waals surface area contributed by atoms with E-state index < -0.39 is 0 Å². The molecule has 1 aromatic carbocycles. The van der Waals surface area contributed by atoms with Crippen LogP contribution in [0.5, 0.6) is 0 Å². The number of aryl methyl sites for hydroxylation is 1. The van der Waals surface area contributed by atoms with Gasteiger partial charge in [-0.2, -0.15) is 0 Å². The Balaban J connectivity index is 2.28. The number of nitrogens with one attached hydrogen (secondary N) is 1. The number of aromatic nitrogens is 1. The Hall–Kier alpha value is -0.950. The molecule has 1 atom stereocenters. The van der Waals surface area contributed by atoms with E-state index in [0.29, 0.717) is 5.92 Å². The van der Waals surface area contributed by atoms with Gasteiger partial charge in [-0.05, 0) is 43.2 Å². The molecule has 0 saturated carbocycles. The van der Waals surface area contributed by atoms with Crippen LogP contribution in [0.15, 0.2) is 18.2 Å². The van der Waals surface area contributed by atoms with E-state index in [4.69, 9.17) is 11.6 Å². The molecule has 0 bridgehead atoms. The second kappa shape index (κ2) is 3.81. The molecule has 3 rings (SSSR count). The summed E-state index contributed by atoms with van der Waals surface area (Å²) in [7, 11) is 0. The summed E-state index contributed by atoms with van der Waals surface area (Å²) >= 11 is 6.24. The smallest absolute Gasteiger partial charge is 0.0648 e. The highest BCUT2D eigenvalue weighted by Crippen LogP contribution is 2.39. The molecule has 1 aliphatic rings. The lowest BCUT2D eigenvalue weighted by Gasteiger charge is -2.20. The maximum atomic E-state index is 6.24. The summed E-state index contributed by atoms with van der Waals surface area (Å²) in [5.41, 5.74) is 4.09. The van der Waals surface area contributed by atoms with Gasteiger partial charge in [0.05, 0.1) is 10.5 Å². The highest BCUT2D eigenvalue weighted by atomic mass is 35.5. The van der Waals surface area contributed by atoms with Crippen LogP contribution in [0, 0.1) is 0 Å². The number of para-hydroxylation sites is 1. The number of aromatic amines is 1. The van der Waals surface area contributed by atoms with E-state index in [-0.39, 0.29) is 0 Å². The first-order valence-electron chi connectivity index (χ1n) is 6.10. The fraction of sp³-hybridized carbons (Fsp3) is 0.429. The van der Waals surface area contributed by atoms with Crippen LogP contribution in [-0.4, -0.2) is 4.98 Å². The minimum Gasteiger partial charge on any atom is -0.357 e. The van der Waals surface area contributed by atoms with Crippen LogP contribution in [0.4, 0.5) is 0 Å². The summed E-state index contributed by atoms with van der Waals surface area (Å²) < 4.78 is 0. The van der Waals surface area contributed by atoms with Gasteiger partial charge in [0.25, 0.3) is 0 Å². The highest BCUT2D eigenvalue weighted by Gasteiger charge is 2.23. The Morgan fingerprint density at radius 1 is 1.44 bits per heavy atom. The lowest BCUT2D eigenvalue weighted by Crippen LogP contribution is -2.07. The quantitative estimate of drug-likeness (QED) is 0.738. The van der Waals surface area contributed by atoms with Gasteiger partial charge in [0.1, 0.15) is 0 Å². The summed E-state index contributed by atoms with van der Waals surface area (Å²) in [6, 6.07) is 6.20. The van der Waals surface area contributed by atoms with Gasteiger partial charge in [0.2, 0.25) is 0 Å². The first-order valence-corrected chi connectivity index (χ1v) is 6.48. The predicted molar refractivity (Wildman–Crippen MR) is 69.3 cm³/mol. The van der Waals surface area contributed by atoms with Crippen molar-refractivity contribution in [2.24, 2.45) is 0 Å². The molecular weight excluding hydrogens is 218 g/mol. The lowest BCUT2D eigenvalue weighted by molar-refractivity contribution is 0.532. The fourth-order valence-corrected chi connectivity index (χ4v) is 3.18. The normalized spacial score (nSPS) is 20.0. The molecule has 0 fully saturated rings. The van der Waals surface area contributed by atoms with Crippen molar-refractivity contribution in [1.82, 2.24) is 4.98 Å². The van der Waals surface area contributed by atoms with Gasteiger partial charge < -0.3 is 4.98 Å². The third-order valence-electron chi connectivity index (χ3n) is 3.80. The minimum absolute atomic E-state index is 0.701. The van der Waals surface area contributed by atoms with E-state index in [1.807, 2.05) is 12.1 Å². The van der Waals surface area contributed by atoms with Crippen LogP contribution >= 0.6 is 11.6 Å². The number of fused-ring (bicyclic) bond motifs is 3.